The maximum atomic E-state index is 14.4. The zero-order valence-corrected chi connectivity index (χ0v) is 41.6. The number of allylic oxidation sites excluding steroid dienone is 2. The molecule has 0 amide bonds. The summed E-state index contributed by atoms with van der Waals surface area (Å²) in [5.41, 5.74) is 0.156. The van der Waals surface area contributed by atoms with Gasteiger partial charge in [-0.15, -0.1) is 0 Å². The van der Waals surface area contributed by atoms with Gasteiger partial charge in [0, 0.05) is 58.3 Å². The monoisotopic (exact) mass is 947 g/mol. The zero-order valence-electron chi connectivity index (χ0n) is 40.7. The van der Waals surface area contributed by atoms with Crippen molar-refractivity contribution < 1.29 is 67.5 Å². The lowest BCUT2D eigenvalue weighted by molar-refractivity contribution is -0.309. The number of esters is 1. The maximum absolute atomic E-state index is 14.4. The molecule has 1 unspecified atom stereocenters. The second kappa shape index (κ2) is 22.4. The average molecular weight is 947 g/mol. The van der Waals surface area contributed by atoms with Crippen molar-refractivity contribution >= 4 is 17.7 Å². The zero-order chi connectivity index (χ0) is 47.5. The van der Waals surface area contributed by atoms with E-state index in [1.165, 1.54) is 0 Å². The summed E-state index contributed by atoms with van der Waals surface area (Å²) in [5.74, 6) is -1.73. The van der Waals surface area contributed by atoms with Crippen molar-refractivity contribution in [3.8, 4) is 0 Å². The van der Waals surface area contributed by atoms with Gasteiger partial charge in [0.05, 0.1) is 54.6 Å². The second-order valence-corrected chi connectivity index (χ2v) is 21.2. The van der Waals surface area contributed by atoms with Crippen LogP contribution in [-0.4, -0.2) is 151 Å². The molecule has 0 aromatic carbocycles. The number of ether oxygens (including phenoxy) is 10. The van der Waals surface area contributed by atoms with Crippen molar-refractivity contribution in [2.24, 2.45) is 23.7 Å². The van der Waals surface area contributed by atoms with Gasteiger partial charge >= 0.3 is 5.97 Å². The molecule has 0 aromatic heterocycles. The van der Waals surface area contributed by atoms with Crippen LogP contribution in [0.15, 0.2) is 59.3 Å². The Morgan fingerprint density at radius 3 is 2.38 bits per heavy atom. The van der Waals surface area contributed by atoms with E-state index >= 15 is 0 Å². The second-order valence-electron chi connectivity index (χ2n) is 19.9. The highest BCUT2D eigenvalue weighted by Gasteiger charge is 2.60. The summed E-state index contributed by atoms with van der Waals surface area (Å²) in [6.07, 6.45) is 11.2. The van der Waals surface area contributed by atoms with Crippen LogP contribution in [0.25, 0.3) is 0 Å². The normalized spacial score (nSPS) is 46.9. The quantitative estimate of drug-likeness (QED) is 0.110. The molecule has 20 atom stereocenters. The highest BCUT2D eigenvalue weighted by Crippen LogP contribution is 2.47. The van der Waals surface area contributed by atoms with Crippen LogP contribution < -0.4 is 0 Å². The third-order valence-electron chi connectivity index (χ3n) is 15.1. The Morgan fingerprint density at radius 2 is 1.65 bits per heavy atom. The van der Waals surface area contributed by atoms with Crippen LogP contribution in [0.2, 0.25) is 0 Å². The molecule has 1 aliphatic carbocycles. The Labute approximate surface area is 396 Å². The molecule has 4 saturated heterocycles. The van der Waals surface area contributed by atoms with E-state index in [0.29, 0.717) is 49.7 Å². The number of carbonyl (C=O) groups is 1. The molecule has 3 N–H and O–H groups in total. The molecule has 372 valence electrons. The number of aliphatic hydroxyl groups excluding tert-OH is 2. The van der Waals surface area contributed by atoms with Crippen LogP contribution in [0.1, 0.15) is 100 Å². The maximum Gasteiger partial charge on any atom is 0.316 e. The summed E-state index contributed by atoms with van der Waals surface area (Å²) in [5, 5.41) is 33.2. The Hall–Kier alpha value is -1.96. The van der Waals surface area contributed by atoms with Gasteiger partial charge < -0.3 is 62.7 Å². The molecule has 2 bridgehead atoms. The first-order chi connectivity index (χ1) is 31.5. The average Bonchev–Trinajstić information content (AvgIpc) is 3.63. The molecule has 14 nitrogen and oxygen atoms in total. The van der Waals surface area contributed by atoms with Gasteiger partial charge in [-0.25, -0.2) is 0 Å². The largest absolute Gasteiger partial charge is 0.462 e. The Bertz CT molecular complexity index is 1800. The summed E-state index contributed by atoms with van der Waals surface area (Å²) in [6.45, 7) is 16.6. The predicted octanol–water partition coefficient (Wildman–Crippen LogP) is 6.50. The molecule has 7 aliphatic rings. The van der Waals surface area contributed by atoms with Gasteiger partial charge in [-0.3, -0.25) is 4.79 Å². The number of methoxy groups -OCH3 is 2. The van der Waals surface area contributed by atoms with Crippen molar-refractivity contribution in [3.63, 3.8) is 0 Å². The molecule has 15 heteroatoms. The summed E-state index contributed by atoms with van der Waals surface area (Å²) in [7, 11) is 3.40. The Morgan fingerprint density at radius 1 is 0.924 bits per heavy atom. The fourth-order valence-electron chi connectivity index (χ4n) is 11.1. The third-order valence-corrected chi connectivity index (χ3v) is 16.7. The standard InChI is InChI=1S/C51H78O14S/c1-11-28(2)45-31(5)18-19-50(65-45)26-37-23-36(64-50)17-16-30(4)44(29(3)14-12-15-35-27-58-48-43(53)32(6)22-38(49(54)61-37)51(35,48)55)62-41-24-39(56-9)46(33(7)59-41)63-42-25-40(57-10)47(34(8)60-42)66-21-13-20-52/h12,14-16,18-19,22,28-29,31,33-34,36-48,52-53,55H,11,13,17,20-21,23-27H2,1-10H3/b14-12+,30-16+,35-15+/t28?,29-,31-,33-,34-,36+,37-,38-,39-,40-,41-,42-,43+,44-,45+,46-,47-,48+,50+,51+/m0/s1. The van der Waals surface area contributed by atoms with Gasteiger partial charge in [0.1, 0.15) is 35.9 Å². The van der Waals surface area contributed by atoms with Gasteiger partial charge in [0.2, 0.25) is 0 Å². The minimum absolute atomic E-state index is 0.0353. The van der Waals surface area contributed by atoms with Crippen molar-refractivity contribution in [3.05, 3.63) is 59.3 Å². The molecule has 0 radical (unpaired) electrons. The number of fused-ring (bicyclic) bond motifs is 2. The number of rotatable bonds is 12. The predicted molar refractivity (Wildman–Crippen MR) is 249 cm³/mol. The minimum atomic E-state index is -1.83. The number of hydrogen-bond acceptors (Lipinski definition) is 15. The van der Waals surface area contributed by atoms with Crippen molar-refractivity contribution in [2.75, 3.05) is 33.2 Å². The van der Waals surface area contributed by atoms with Crippen molar-refractivity contribution in [2.45, 2.75) is 197 Å². The first-order valence-corrected chi connectivity index (χ1v) is 25.5. The lowest BCUT2D eigenvalue weighted by Crippen LogP contribution is -2.58. The van der Waals surface area contributed by atoms with Gasteiger partial charge in [0.15, 0.2) is 18.4 Å². The van der Waals surface area contributed by atoms with Gasteiger partial charge in [-0.05, 0) is 75.0 Å². The highest BCUT2D eigenvalue weighted by molar-refractivity contribution is 8.00. The van der Waals surface area contributed by atoms with Gasteiger partial charge in [-0.2, -0.15) is 11.8 Å². The molecule has 66 heavy (non-hydrogen) atoms. The van der Waals surface area contributed by atoms with E-state index in [2.05, 4.69) is 46.8 Å². The van der Waals surface area contributed by atoms with E-state index < -0.39 is 72.5 Å². The summed E-state index contributed by atoms with van der Waals surface area (Å²) >= 11 is 1.76. The SMILES string of the molecule is CCC(C)[C@H]1O[C@]2(C=C[C@@H]1C)C[C@@H]1C[C@@H](C/C=C(\C)[C@@H](O[C@H]3C[C@H](OC)[C@@H](O[C@H]4C[C@H](OC)[C@@H](SCCCO)[C@H](C)O4)[C@H](C)O3)[C@@H](C)/C=C/C=C3\CO[C@@H]4[C@H](O)C(C)=C[C@@H](C(=O)O1)[C@]34O)O2. The summed E-state index contributed by atoms with van der Waals surface area (Å²) < 4.78 is 65.0. The highest BCUT2D eigenvalue weighted by atomic mass is 32.2. The smallest absolute Gasteiger partial charge is 0.316 e. The lowest BCUT2D eigenvalue weighted by atomic mass is 9.71. The van der Waals surface area contributed by atoms with Crippen LogP contribution in [0.5, 0.6) is 0 Å². The van der Waals surface area contributed by atoms with E-state index in [0.717, 1.165) is 17.7 Å². The third kappa shape index (κ3) is 11.1. The number of hydrogen-bond donors (Lipinski definition) is 3. The molecular weight excluding hydrogens is 869 g/mol. The lowest BCUT2D eigenvalue weighted by Gasteiger charge is -2.48. The van der Waals surface area contributed by atoms with Crippen molar-refractivity contribution in [1.29, 1.82) is 0 Å². The fourth-order valence-corrected chi connectivity index (χ4v) is 12.4. The van der Waals surface area contributed by atoms with Crippen LogP contribution in [-0.2, 0) is 52.2 Å². The summed E-state index contributed by atoms with van der Waals surface area (Å²) in [6, 6.07) is 0. The van der Waals surface area contributed by atoms with Gasteiger partial charge in [0.25, 0.3) is 0 Å². The molecule has 0 aromatic rings. The van der Waals surface area contributed by atoms with Gasteiger partial charge in [-0.1, -0.05) is 70.6 Å². The molecule has 4 fully saturated rings. The Balaban J connectivity index is 1.15. The van der Waals surface area contributed by atoms with Crippen LogP contribution in [0.4, 0.5) is 0 Å². The molecule has 1 spiro atoms. The van der Waals surface area contributed by atoms with E-state index in [4.69, 9.17) is 47.4 Å². The van der Waals surface area contributed by atoms with E-state index in [-0.39, 0.29) is 66.7 Å². The van der Waals surface area contributed by atoms with E-state index in [9.17, 15) is 20.1 Å². The van der Waals surface area contributed by atoms with Crippen LogP contribution >= 0.6 is 11.8 Å². The fraction of sp³-hybridized carbons (Fsp3) is 0.784. The number of thioether (sulfide) groups is 1. The summed E-state index contributed by atoms with van der Waals surface area (Å²) in [4.78, 5) is 14.4. The molecule has 6 aliphatic heterocycles. The first-order valence-electron chi connectivity index (χ1n) is 24.4. The van der Waals surface area contributed by atoms with Crippen LogP contribution in [0, 0.1) is 23.7 Å². The van der Waals surface area contributed by atoms with Crippen LogP contribution in [0.3, 0.4) is 0 Å². The molecular formula is C51H78O14S. The molecule has 7 rings (SSSR count). The number of carbonyl (C=O) groups excluding carboxylic acids is 1. The molecule has 6 heterocycles. The first kappa shape index (κ1) is 51.9. The topological polar surface area (TPSA) is 170 Å². The Kier molecular flexibility index (Phi) is 17.6. The van der Waals surface area contributed by atoms with E-state index in [1.807, 2.05) is 32.1 Å². The van der Waals surface area contributed by atoms with Crippen molar-refractivity contribution in [1.82, 2.24) is 0 Å². The minimum Gasteiger partial charge on any atom is -0.462 e. The van der Waals surface area contributed by atoms with E-state index in [1.54, 1.807) is 45.1 Å². The number of aliphatic hydroxyl groups is 3. The molecule has 0 saturated carbocycles.